The number of anilines is 1. The predicted molar refractivity (Wildman–Crippen MR) is 133 cm³/mol. The van der Waals surface area contributed by atoms with E-state index in [1.54, 1.807) is 31.4 Å². The summed E-state index contributed by atoms with van der Waals surface area (Å²) in [7, 11) is 1.61. The fourth-order valence-corrected chi connectivity index (χ4v) is 4.39. The largest absolute Gasteiger partial charge is 0.497 e. The Hall–Kier alpha value is -3.58. The molecule has 0 saturated heterocycles. The van der Waals surface area contributed by atoms with Crippen LogP contribution in [0.2, 0.25) is 0 Å². The van der Waals surface area contributed by atoms with Gasteiger partial charge >= 0.3 is 0 Å². The van der Waals surface area contributed by atoms with E-state index in [1.807, 2.05) is 34.9 Å². The lowest BCUT2D eigenvalue weighted by atomic mass is 10.1. The molecular formula is C26H26N4O2S. The van der Waals surface area contributed by atoms with Crippen LogP contribution in [0.3, 0.4) is 0 Å². The van der Waals surface area contributed by atoms with Crippen LogP contribution in [0.5, 0.6) is 5.75 Å². The summed E-state index contributed by atoms with van der Waals surface area (Å²) in [5.74, 6) is 1.80. The van der Waals surface area contributed by atoms with E-state index in [2.05, 4.69) is 47.6 Å². The van der Waals surface area contributed by atoms with Gasteiger partial charge in [0.15, 0.2) is 16.8 Å². The van der Waals surface area contributed by atoms with Crippen LogP contribution in [0.25, 0.3) is 5.69 Å². The molecule has 1 N–H and O–H groups in total. The van der Waals surface area contributed by atoms with Gasteiger partial charge < -0.3 is 10.1 Å². The smallest absolute Gasteiger partial charge is 0.196 e. The second-order valence-corrected chi connectivity index (χ2v) is 8.62. The quantitative estimate of drug-likeness (QED) is 0.265. The number of hydrogen-bond donors (Lipinski definition) is 1. The van der Waals surface area contributed by atoms with Gasteiger partial charge in [-0.3, -0.25) is 9.36 Å². The Morgan fingerprint density at radius 2 is 1.76 bits per heavy atom. The molecule has 7 heteroatoms. The molecule has 0 atom stereocenters. The molecule has 0 spiro atoms. The molecule has 0 radical (unpaired) electrons. The number of methoxy groups -OCH3 is 1. The van der Waals surface area contributed by atoms with Crippen molar-refractivity contribution in [3.05, 3.63) is 95.3 Å². The maximum absolute atomic E-state index is 12.7. The number of rotatable bonds is 9. The summed E-state index contributed by atoms with van der Waals surface area (Å²) in [6, 6.07) is 23.4. The third-order valence-electron chi connectivity index (χ3n) is 5.28. The number of nitrogens with one attached hydrogen (secondary N) is 1. The highest BCUT2D eigenvalue weighted by Crippen LogP contribution is 2.24. The van der Waals surface area contributed by atoms with Crippen LogP contribution in [-0.4, -0.2) is 33.4 Å². The lowest BCUT2D eigenvalue weighted by Gasteiger charge is -2.13. The van der Waals surface area contributed by atoms with Crippen molar-refractivity contribution in [2.45, 2.75) is 25.5 Å². The van der Waals surface area contributed by atoms with Crippen molar-refractivity contribution in [3.63, 3.8) is 0 Å². The first-order valence-electron chi connectivity index (χ1n) is 10.7. The highest BCUT2D eigenvalue weighted by molar-refractivity contribution is 7.99. The van der Waals surface area contributed by atoms with Crippen molar-refractivity contribution in [2.24, 2.45) is 0 Å². The average molecular weight is 459 g/mol. The molecule has 1 heterocycles. The maximum atomic E-state index is 12.7. The van der Waals surface area contributed by atoms with E-state index in [-0.39, 0.29) is 11.5 Å². The van der Waals surface area contributed by atoms with E-state index in [1.165, 1.54) is 22.9 Å². The van der Waals surface area contributed by atoms with Crippen molar-refractivity contribution in [1.29, 1.82) is 0 Å². The van der Waals surface area contributed by atoms with E-state index in [4.69, 9.17) is 4.74 Å². The molecule has 0 aliphatic heterocycles. The standard InChI is InChI=1S/C26H26N4O2S/c1-18-9-14-23(19(2)15-18)27-16-25-28-29-26(30(25)21-7-5-4-6-8-21)33-17-24(31)20-10-12-22(32-3)13-11-20/h4-15,27H,16-17H2,1-3H3. The van der Waals surface area contributed by atoms with Crippen LogP contribution in [0.15, 0.2) is 78.0 Å². The SMILES string of the molecule is COc1ccc(C(=O)CSc2nnc(CNc3ccc(C)cc3C)n2-c2ccccc2)cc1. The molecule has 168 valence electrons. The number of carbonyl (C=O) groups is 1. The molecule has 0 unspecified atom stereocenters. The fraction of sp³-hybridized carbons (Fsp3) is 0.192. The second kappa shape index (κ2) is 10.4. The van der Waals surface area contributed by atoms with Gasteiger partial charge in [-0.05, 0) is 61.9 Å². The molecule has 3 aromatic carbocycles. The zero-order chi connectivity index (χ0) is 23.2. The van der Waals surface area contributed by atoms with Crippen molar-refractivity contribution < 1.29 is 9.53 Å². The van der Waals surface area contributed by atoms with Gasteiger partial charge in [0.2, 0.25) is 0 Å². The van der Waals surface area contributed by atoms with Crippen LogP contribution < -0.4 is 10.1 Å². The molecule has 0 aliphatic rings. The van der Waals surface area contributed by atoms with Crippen molar-refractivity contribution in [1.82, 2.24) is 14.8 Å². The van der Waals surface area contributed by atoms with Crippen LogP contribution in [0, 0.1) is 13.8 Å². The van der Waals surface area contributed by atoms with Gasteiger partial charge in [0, 0.05) is 16.9 Å². The summed E-state index contributed by atoms with van der Waals surface area (Å²) in [5, 5.41) is 13.0. The summed E-state index contributed by atoms with van der Waals surface area (Å²) in [6.07, 6.45) is 0. The van der Waals surface area contributed by atoms with Crippen molar-refractivity contribution >= 4 is 23.2 Å². The molecule has 33 heavy (non-hydrogen) atoms. The van der Waals surface area contributed by atoms with Crippen molar-refractivity contribution in [3.8, 4) is 11.4 Å². The first-order chi connectivity index (χ1) is 16.0. The molecule has 0 saturated carbocycles. The van der Waals surface area contributed by atoms with E-state index in [9.17, 15) is 4.79 Å². The number of nitrogens with zero attached hydrogens (tertiary/aromatic N) is 3. The Balaban J connectivity index is 1.53. The monoisotopic (exact) mass is 458 g/mol. The molecule has 0 amide bonds. The first kappa shape index (κ1) is 22.6. The number of benzene rings is 3. The van der Waals surface area contributed by atoms with Crippen LogP contribution in [-0.2, 0) is 6.54 Å². The van der Waals surface area contributed by atoms with E-state index in [0.29, 0.717) is 17.3 Å². The minimum absolute atomic E-state index is 0.0280. The van der Waals surface area contributed by atoms with Gasteiger partial charge in [-0.1, -0.05) is 47.7 Å². The first-order valence-corrected chi connectivity index (χ1v) is 11.6. The van der Waals surface area contributed by atoms with Gasteiger partial charge in [0.05, 0.1) is 19.4 Å². The molecule has 0 fully saturated rings. The highest BCUT2D eigenvalue weighted by Gasteiger charge is 2.17. The van der Waals surface area contributed by atoms with Gasteiger partial charge in [0.25, 0.3) is 0 Å². The number of hydrogen-bond acceptors (Lipinski definition) is 6. The van der Waals surface area contributed by atoms with E-state index < -0.39 is 0 Å². The van der Waals surface area contributed by atoms with Gasteiger partial charge in [-0.15, -0.1) is 10.2 Å². The lowest BCUT2D eigenvalue weighted by Crippen LogP contribution is -2.10. The average Bonchev–Trinajstić information content (AvgIpc) is 3.25. The number of para-hydroxylation sites is 1. The summed E-state index contributed by atoms with van der Waals surface area (Å²) in [4.78, 5) is 12.7. The summed E-state index contributed by atoms with van der Waals surface area (Å²) in [5.41, 5.74) is 5.07. The summed E-state index contributed by atoms with van der Waals surface area (Å²) >= 11 is 1.38. The predicted octanol–water partition coefficient (Wildman–Crippen LogP) is 5.48. The van der Waals surface area contributed by atoms with E-state index in [0.717, 1.165) is 22.9 Å². The normalized spacial score (nSPS) is 10.8. The van der Waals surface area contributed by atoms with Crippen LogP contribution >= 0.6 is 11.8 Å². The topological polar surface area (TPSA) is 69.0 Å². The highest BCUT2D eigenvalue weighted by atomic mass is 32.2. The Morgan fingerprint density at radius 3 is 2.45 bits per heavy atom. The molecular weight excluding hydrogens is 432 g/mol. The fourth-order valence-electron chi connectivity index (χ4n) is 3.52. The van der Waals surface area contributed by atoms with E-state index >= 15 is 0 Å². The lowest BCUT2D eigenvalue weighted by molar-refractivity contribution is 0.102. The van der Waals surface area contributed by atoms with Crippen LogP contribution in [0.1, 0.15) is 27.3 Å². The number of Topliss-reactive ketones (excluding diaryl/α,β-unsaturated/α-hetero) is 1. The number of ether oxygens (including phenoxy) is 1. The number of ketones is 1. The molecule has 6 nitrogen and oxygen atoms in total. The molecule has 4 rings (SSSR count). The number of carbonyl (C=O) groups excluding carboxylic acids is 1. The van der Waals surface area contributed by atoms with Gasteiger partial charge in [0.1, 0.15) is 5.75 Å². The Labute approximate surface area is 198 Å². The zero-order valence-electron chi connectivity index (χ0n) is 18.9. The number of aromatic nitrogens is 3. The minimum Gasteiger partial charge on any atom is -0.497 e. The van der Waals surface area contributed by atoms with Gasteiger partial charge in [-0.2, -0.15) is 0 Å². The van der Waals surface area contributed by atoms with Gasteiger partial charge in [-0.25, -0.2) is 0 Å². The summed E-state index contributed by atoms with van der Waals surface area (Å²) in [6.45, 7) is 4.68. The third-order valence-corrected chi connectivity index (χ3v) is 6.21. The number of thioether (sulfide) groups is 1. The molecule has 1 aromatic heterocycles. The molecule has 0 aliphatic carbocycles. The van der Waals surface area contributed by atoms with Crippen LogP contribution in [0.4, 0.5) is 5.69 Å². The molecule has 0 bridgehead atoms. The van der Waals surface area contributed by atoms with Crippen molar-refractivity contribution in [2.75, 3.05) is 18.2 Å². The summed E-state index contributed by atoms with van der Waals surface area (Å²) < 4.78 is 7.17. The molecule has 4 aromatic rings. The number of aryl methyl sites for hydroxylation is 2. The Kier molecular flexibility index (Phi) is 7.10. The maximum Gasteiger partial charge on any atom is 0.196 e. The third kappa shape index (κ3) is 5.43. The Morgan fingerprint density at radius 1 is 1.00 bits per heavy atom. The second-order valence-electron chi connectivity index (χ2n) is 7.68. The zero-order valence-corrected chi connectivity index (χ0v) is 19.7. The minimum atomic E-state index is 0.0280. The Bertz CT molecular complexity index is 1240.